The van der Waals surface area contributed by atoms with Crippen molar-refractivity contribution in [1.82, 2.24) is 0 Å². The summed E-state index contributed by atoms with van der Waals surface area (Å²) in [5.41, 5.74) is 1.39. The van der Waals surface area contributed by atoms with Crippen molar-refractivity contribution in [3.05, 3.63) is 118 Å². The van der Waals surface area contributed by atoms with Gasteiger partial charge in [-0.3, -0.25) is 14.9 Å². The molecule has 0 bridgehead atoms. The number of fused-ring (bicyclic) bond motifs is 1. The van der Waals surface area contributed by atoms with Gasteiger partial charge in [0.1, 0.15) is 18.1 Å². The van der Waals surface area contributed by atoms with Crippen LogP contribution in [-0.2, 0) is 6.61 Å². The van der Waals surface area contributed by atoms with Crippen LogP contribution in [0.1, 0.15) is 21.5 Å². The second kappa shape index (κ2) is 9.78. The fourth-order valence-corrected chi connectivity index (χ4v) is 3.54. The summed E-state index contributed by atoms with van der Waals surface area (Å²) in [6.07, 6.45) is 2.95. The van der Waals surface area contributed by atoms with Gasteiger partial charge in [0.2, 0.25) is 0 Å². The number of methoxy groups -OCH3 is 1. The molecule has 4 rings (SSSR count). The second-order valence-corrected chi connectivity index (χ2v) is 7.34. The highest BCUT2D eigenvalue weighted by Gasteiger charge is 2.17. The van der Waals surface area contributed by atoms with Crippen molar-refractivity contribution < 1.29 is 19.2 Å². The van der Waals surface area contributed by atoms with Crippen LogP contribution >= 0.6 is 0 Å². The second-order valence-electron chi connectivity index (χ2n) is 7.34. The summed E-state index contributed by atoms with van der Waals surface area (Å²) >= 11 is 0. The monoisotopic (exact) mass is 439 g/mol. The van der Waals surface area contributed by atoms with Gasteiger partial charge in [0.25, 0.3) is 5.69 Å². The van der Waals surface area contributed by atoms with Gasteiger partial charge in [0, 0.05) is 11.6 Å². The number of para-hydroxylation sites is 1. The third kappa shape index (κ3) is 5.07. The molecule has 0 heterocycles. The Kier molecular flexibility index (Phi) is 6.45. The molecule has 4 aromatic carbocycles. The number of allylic oxidation sites excluding steroid dienone is 1. The van der Waals surface area contributed by atoms with Gasteiger partial charge in [0.15, 0.2) is 5.78 Å². The first-order valence-corrected chi connectivity index (χ1v) is 10.3. The Morgan fingerprint density at radius 1 is 0.939 bits per heavy atom. The minimum absolute atomic E-state index is 0.0483. The molecule has 0 aromatic heterocycles. The molecule has 6 heteroatoms. The Balaban J connectivity index is 1.52. The first kappa shape index (κ1) is 21.8. The Bertz CT molecular complexity index is 1360. The molecule has 0 fully saturated rings. The molecule has 0 aliphatic carbocycles. The van der Waals surface area contributed by atoms with Crippen LogP contribution in [0.2, 0.25) is 0 Å². The van der Waals surface area contributed by atoms with Crippen LogP contribution in [0.5, 0.6) is 11.5 Å². The highest BCUT2D eigenvalue weighted by atomic mass is 16.6. The van der Waals surface area contributed by atoms with E-state index in [1.165, 1.54) is 24.3 Å². The lowest BCUT2D eigenvalue weighted by atomic mass is 10.1. The molecule has 0 atom stereocenters. The topological polar surface area (TPSA) is 78.7 Å². The summed E-state index contributed by atoms with van der Waals surface area (Å²) in [4.78, 5) is 23.1. The molecule has 4 aromatic rings. The number of hydrogen-bond acceptors (Lipinski definition) is 5. The van der Waals surface area contributed by atoms with Crippen molar-refractivity contribution in [2.45, 2.75) is 6.61 Å². The third-order valence-electron chi connectivity index (χ3n) is 5.21. The average Bonchev–Trinajstić information content (AvgIpc) is 2.85. The van der Waals surface area contributed by atoms with Gasteiger partial charge >= 0.3 is 0 Å². The first-order valence-electron chi connectivity index (χ1n) is 10.3. The number of hydrogen-bond donors (Lipinski definition) is 0. The van der Waals surface area contributed by atoms with E-state index in [4.69, 9.17) is 9.47 Å². The standard InChI is InChI=1S/C27H21NO5/c1-32-27-15-11-19(10-14-26(29)24-8-4-5-9-25(24)28(30)31)16-22(27)18-33-23-13-12-20-6-2-3-7-21(20)17-23/h2-17H,18H2,1H3/b14-10+. The number of ether oxygens (including phenoxy) is 2. The zero-order valence-electron chi connectivity index (χ0n) is 17.9. The maximum Gasteiger partial charge on any atom is 0.280 e. The van der Waals surface area contributed by atoms with Crippen molar-refractivity contribution >= 4 is 28.3 Å². The van der Waals surface area contributed by atoms with Crippen molar-refractivity contribution in [3.8, 4) is 11.5 Å². The van der Waals surface area contributed by atoms with Crippen LogP contribution in [-0.4, -0.2) is 17.8 Å². The molecule has 0 N–H and O–H groups in total. The highest BCUT2D eigenvalue weighted by Crippen LogP contribution is 2.26. The number of benzene rings is 4. The van der Waals surface area contributed by atoms with Crippen molar-refractivity contribution in [2.24, 2.45) is 0 Å². The van der Waals surface area contributed by atoms with Crippen LogP contribution in [0.4, 0.5) is 5.69 Å². The number of nitro benzene ring substituents is 1. The van der Waals surface area contributed by atoms with E-state index in [0.29, 0.717) is 5.75 Å². The molecule has 33 heavy (non-hydrogen) atoms. The third-order valence-corrected chi connectivity index (χ3v) is 5.21. The number of nitrogens with zero attached hydrogens (tertiary/aromatic N) is 1. The highest BCUT2D eigenvalue weighted by molar-refractivity contribution is 6.09. The summed E-state index contributed by atoms with van der Waals surface area (Å²) < 4.78 is 11.4. The predicted molar refractivity (Wildman–Crippen MR) is 128 cm³/mol. The molecule has 0 spiro atoms. The zero-order valence-corrected chi connectivity index (χ0v) is 17.9. The largest absolute Gasteiger partial charge is 0.496 e. The Labute approximate surface area is 190 Å². The van der Waals surface area contributed by atoms with E-state index in [0.717, 1.165) is 27.6 Å². The van der Waals surface area contributed by atoms with Crippen molar-refractivity contribution in [1.29, 1.82) is 0 Å². The molecular formula is C27H21NO5. The molecule has 6 nitrogen and oxygen atoms in total. The van der Waals surface area contributed by atoms with Gasteiger partial charge in [-0.25, -0.2) is 0 Å². The fourth-order valence-electron chi connectivity index (χ4n) is 3.54. The summed E-state index contributed by atoms with van der Waals surface area (Å²) in [5, 5.41) is 13.4. The number of ketones is 1. The SMILES string of the molecule is COc1ccc(/C=C/C(=O)c2ccccc2[N+](=O)[O-])cc1COc1ccc2ccccc2c1. The van der Waals surface area contributed by atoms with Crippen LogP contribution in [0, 0.1) is 10.1 Å². The Morgan fingerprint density at radius 3 is 2.48 bits per heavy atom. The number of rotatable bonds is 8. The van der Waals surface area contributed by atoms with E-state index >= 15 is 0 Å². The van der Waals surface area contributed by atoms with Crippen LogP contribution in [0.15, 0.2) is 91.0 Å². The van der Waals surface area contributed by atoms with E-state index in [1.54, 1.807) is 25.3 Å². The molecular weight excluding hydrogens is 418 g/mol. The molecule has 0 aliphatic rings. The maximum atomic E-state index is 12.5. The van der Waals surface area contributed by atoms with E-state index < -0.39 is 10.7 Å². The van der Waals surface area contributed by atoms with Gasteiger partial charge in [-0.1, -0.05) is 54.6 Å². The van der Waals surface area contributed by atoms with Gasteiger partial charge in [-0.2, -0.15) is 0 Å². The number of nitro groups is 1. The minimum atomic E-state index is -0.559. The normalized spacial score (nSPS) is 10.9. The smallest absolute Gasteiger partial charge is 0.280 e. The zero-order chi connectivity index (χ0) is 23.2. The summed E-state index contributed by atoms with van der Waals surface area (Å²) in [6.45, 7) is 0.279. The lowest BCUT2D eigenvalue weighted by molar-refractivity contribution is -0.385. The molecule has 0 amide bonds. The van der Waals surface area contributed by atoms with Crippen molar-refractivity contribution in [2.75, 3.05) is 7.11 Å². The molecule has 0 saturated heterocycles. The minimum Gasteiger partial charge on any atom is -0.496 e. The molecule has 0 radical (unpaired) electrons. The van der Waals surface area contributed by atoms with Gasteiger partial charge in [0.05, 0.1) is 17.6 Å². The molecule has 0 saturated carbocycles. The van der Waals surface area contributed by atoms with Crippen LogP contribution in [0.3, 0.4) is 0 Å². The summed E-state index contributed by atoms with van der Waals surface area (Å²) in [6, 6.07) is 25.3. The van der Waals surface area contributed by atoms with Crippen LogP contribution < -0.4 is 9.47 Å². The molecule has 164 valence electrons. The first-order chi connectivity index (χ1) is 16.0. The fraction of sp³-hybridized carbons (Fsp3) is 0.0741. The van der Waals surface area contributed by atoms with Crippen molar-refractivity contribution in [3.63, 3.8) is 0 Å². The number of carbonyl (C=O) groups excluding carboxylic acids is 1. The number of carbonyl (C=O) groups is 1. The molecule has 0 aliphatic heterocycles. The lowest BCUT2D eigenvalue weighted by Gasteiger charge is -2.12. The lowest BCUT2D eigenvalue weighted by Crippen LogP contribution is -2.01. The van der Waals surface area contributed by atoms with Gasteiger partial charge in [-0.05, 0) is 52.7 Å². The quantitative estimate of drug-likeness (QED) is 0.141. The van der Waals surface area contributed by atoms with E-state index in [9.17, 15) is 14.9 Å². The van der Waals surface area contributed by atoms with Gasteiger partial charge in [-0.15, -0.1) is 0 Å². The van der Waals surface area contributed by atoms with E-state index in [2.05, 4.69) is 0 Å². The summed E-state index contributed by atoms with van der Waals surface area (Å²) in [5.74, 6) is 0.966. The predicted octanol–water partition coefficient (Wildman–Crippen LogP) is 6.23. The maximum absolute atomic E-state index is 12.5. The van der Waals surface area contributed by atoms with E-state index in [-0.39, 0.29) is 17.9 Å². The summed E-state index contributed by atoms with van der Waals surface area (Å²) in [7, 11) is 1.59. The van der Waals surface area contributed by atoms with E-state index in [1.807, 2.05) is 54.6 Å². The van der Waals surface area contributed by atoms with Crippen LogP contribution in [0.25, 0.3) is 16.8 Å². The van der Waals surface area contributed by atoms with Gasteiger partial charge < -0.3 is 9.47 Å². The Hall–Kier alpha value is -4.45. The Morgan fingerprint density at radius 2 is 1.70 bits per heavy atom. The molecule has 0 unspecified atom stereocenters. The average molecular weight is 439 g/mol.